The maximum atomic E-state index is 13.1. The second-order valence-corrected chi connectivity index (χ2v) is 9.24. The lowest BCUT2D eigenvalue weighted by Gasteiger charge is -2.32. The molecule has 5 N–H and O–H groups in total. The van der Waals surface area contributed by atoms with Gasteiger partial charge in [0.1, 0.15) is 11.8 Å². The Balaban J connectivity index is 1.34. The van der Waals surface area contributed by atoms with Gasteiger partial charge in [0.25, 0.3) is 5.91 Å². The van der Waals surface area contributed by atoms with Gasteiger partial charge in [0.2, 0.25) is 11.8 Å². The topological polar surface area (TPSA) is 141 Å². The molecule has 0 bridgehead atoms. The lowest BCUT2D eigenvalue weighted by molar-refractivity contribution is -0.137. The Morgan fingerprint density at radius 3 is 2.66 bits per heavy atom. The van der Waals surface area contributed by atoms with E-state index in [0.717, 1.165) is 32.1 Å². The van der Waals surface area contributed by atoms with Gasteiger partial charge >= 0.3 is 0 Å². The van der Waals surface area contributed by atoms with Gasteiger partial charge in [-0.25, -0.2) is 0 Å². The third kappa shape index (κ3) is 5.85. The van der Waals surface area contributed by atoms with Crippen LogP contribution in [-0.4, -0.2) is 58.5 Å². The summed E-state index contributed by atoms with van der Waals surface area (Å²) in [7, 11) is 0. The molecule has 2 fully saturated rings. The van der Waals surface area contributed by atoms with Gasteiger partial charge in [-0.3, -0.25) is 24.8 Å². The van der Waals surface area contributed by atoms with Crippen molar-refractivity contribution in [3.63, 3.8) is 0 Å². The largest absolute Gasteiger partial charge is 0.374 e. The van der Waals surface area contributed by atoms with Crippen LogP contribution in [0.2, 0.25) is 0 Å². The van der Waals surface area contributed by atoms with E-state index >= 15 is 0 Å². The molecule has 9 heteroatoms. The monoisotopic (exact) mass is 476 g/mol. The van der Waals surface area contributed by atoms with Gasteiger partial charge in [0, 0.05) is 24.3 Å². The number of nitrogens with two attached hydrogens (primary N) is 1. The highest BCUT2D eigenvalue weighted by Crippen LogP contribution is 2.33. The van der Waals surface area contributed by atoms with Crippen LogP contribution >= 0.6 is 0 Å². The molecule has 3 amide bonds. The molecule has 1 aromatic carbocycles. The number of carbonyl (C=O) groups excluding carboxylic acids is 3. The smallest absolute Gasteiger partial charge is 0.267 e. The van der Waals surface area contributed by atoms with Gasteiger partial charge in [-0.15, -0.1) is 0 Å². The first kappa shape index (κ1) is 24.4. The molecule has 184 valence electrons. The number of likely N-dealkylation sites (tertiary alicyclic amines) is 1. The summed E-state index contributed by atoms with van der Waals surface area (Å²) >= 11 is 0. The van der Waals surface area contributed by atoms with Crippen molar-refractivity contribution in [1.29, 1.82) is 5.41 Å². The van der Waals surface area contributed by atoms with E-state index in [4.69, 9.17) is 11.1 Å². The highest BCUT2D eigenvalue weighted by molar-refractivity contribution is 6.44. The van der Waals surface area contributed by atoms with E-state index in [1.54, 1.807) is 4.90 Å². The van der Waals surface area contributed by atoms with Crippen LogP contribution in [0.4, 0.5) is 5.69 Å². The minimum absolute atomic E-state index is 0.0754. The van der Waals surface area contributed by atoms with Crippen molar-refractivity contribution in [2.75, 3.05) is 18.4 Å². The quantitative estimate of drug-likeness (QED) is 0.432. The predicted octanol–water partition coefficient (Wildman–Crippen LogP) is 2.18. The molecule has 1 aliphatic heterocycles. The Morgan fingerprint density at radius 1 is 1.09 bits per heavy atom. The van der Waals surface area contributed by atoms with Crippen LogP contribution in [0.5, 0.6) is 0 Å². The lowest BCUT2D eigenvalue weighted by Crippen LogP contribution is -2.50. The van der Waals surface area contributed by atoms with Crippen molar-refractivity contribution < 1.29 is 14.4 Å². The molecule has 35 heavy (non-hydrogen) atoms. The summed E-state index contributed by atoms with van der Waals surface area (Å²) in [5, 5.41) is 14.0. The van der Waals surface area contributed by atoms with Crippen molar-refractivity contribution in [2.24, 2.45) is 5.73 Å². The number of hydrogen-bond donors (Lipinski definition) is 4. The van der Waals surface area contributed by atoms with Crippen LogP contribution in [0.25, 0.3) is 0 Å². The van der Waals surface area contributed by atoms with Crippen molar-refractivity contribution in [2.45, 2.75) is 56.5 Å². The number of rotatable bonds is 8. The summed E-state index contributed by atoms with van der Waals surface area (Å²) in [6.45, 7) is 0.445. The fourth-order valence-corrected chi connectivity index (χ4v) is 5.14. The first-order chi connectivity index (χ1) is 16.9. The van der Waals surface area contributed by atoms with E-state index in [1.165, 1.54) is 24.0 Å². The first-order valence-electron chi connectivity index (χ1n) is 12.2. The number of aromatic nitrogens is 1. The van der Waals surface area contributed by atoms with Crippen molar-refractivity contribution >= 4 is 29.1 Å². The summed E-state index contributed by atoms with van der Waals surface area (Å²) in [4.78, 5) is 43.2. The van der Waals surface area contributed by atoms with E-state index < -0.39 is 11.9 Å². The van der Waals surface area contributed by atoms with E-state index in [9.17, 15) is 14.4 Å². The first-order valence-corrected chi connectivity index (χ1v) is 12.2. The normalized spacial score (nSPS) is 21.8. The number of nitrogens with one attached hydrogen (secondary N) is 3. The number of anilines is 1. The predicted molar refractivity (Wildman–Crippen MR) is 133 cm³/mol. The molecule has 1 aliphatic carbocycles. The Bertz CT molecular complexity index is 1090. The number of carbonyl (C=O) groups is 3. The lowest BCUT2D eigenvalue weighted by atomic mass is 9.81. The highest BCUT2D eigenvalue weighted by Gasteiger charge is 2.35. The maximum Gasteiger partial charge on any atom is 0.267 e. The Kier molecular flexibility index (Phi) is 7.74. The standard InChI is InChI=1S/C26H32N6O3/c27-24(25(28)34)20-11-12-29-15-21(20)30-16-23(33)32-13-5-10-22(32)26(35)31-19-9-4-8-18(14-19)17-6-2-1-3-7-17/h1-3,6-7,11-12,15,18-19,22,27,30H,4-5,8-10,13-14,16H2,(H2,28,34)(H,31,35)/t18?,19?,22-/m0/s1. The zero-order valence-corrected chi connectivity index (χ0v) is 19.7. The molecule has 1 saturated carbocycles. The number of amides is 3. The molecule has 3 atom stereocenters. The number of benzene rings is 1. The molecule has 1 saturated heterocycles. The molecule has 0 radical (unpaired) electrons. The van der Waals surface area contributed by atoms with Crippen LogP contribution in [0.15, 0.2) is 48.8 Å². The Labute approximate surface area is 205 Å². The molecule has 2 heterocycles. The van der Waals surface area contributed by atoms with Crippen molar-refractivity contribution in [1.82, 2.24) is 15.2 Å². The van der Waals surface area contributed by atoms with E-state index in [1.807, 2.05) is 6.07 Å². The van der Waals surface area contributed by atoms with Crippen LogP contribution in [0.3, 0.4) is 0 Å². The fourth-order valence-electron chi connectivity index (χ4n) is 5.14. The highest BCUT2D eigenvalue weighted by atomic mass is 16.2. The zero-order chi connectivity index (χ0) is 24.8. The van der Waals surface area contributed by atoms with Crippen LogP contribution in [0.1, 0.15) is 55.6 Å². The second kappa shape index (κ2) is 11.1. The maximum absolute atomic E-state index is 13.1. The molecule has 0 spiro atoms. The van der Waals surface area contributed by atoms with Crippen LogP contribution in [0, 0.1) is 5.41 Å². The SMILES string of the molecule is N=C(C(N)=O)c1ccncc1NCC(=O)N1CCC[C@H]1C(=O)NC1CCCC(c2ccccc2)C1. The number of nitrogens with zero attached hydrogens (tertiary/aromatic N) is 2. The zero-order valence-electron chi connectivity index (χ0n) is 19.7. The average molecular weight is 477 g/mol. The number of hydrogen-bond acceptors (Lipinski definition) is 6. The summed E-state index contributed by atoms with van der Waals surface area (Å²) in [5.74, 6) is -0.728. The van der Waals surface area contributed by atoms with Crippen molar-refractivity contribution in [3.8, 4) is 0 Å². The van der Waals surface area contributed by atoms with Gasteiger partial charge in [-0.05, 0) is 49.7 Å². The van der Waals surface area contributed by atoms with Crippen LogP contribution in [-0.2, 0) is 14.4 Å². The van der Waals surface area contributed by atoms with E-state index in [0.29, 0.717) is 24.6 Å². The molecule has 4 rings (SSSR count). The van der Waals surface area contributed by atoms with Gasteiger partial charge < -0.3 is 21.3 Å². The fraction of sp³-hybridized carbons (Fsp3) is 0.423. The second-order valence-electron chi connectivity index (χ2n) is 9.24. The summed E-state index contributed by atoms with van der Waals surface area (Å²) in [5.41, 5.74) is 6.84. The Hall–Kier alpha value is -3.75. The third-order valence-electron chi connectivity index (χ3n) is 6.93. The van der Waals surface area contributed by atoms with Crippen LogP contribution < -0.4 is 16.4 Å². The molecule has 2 aromatic rings. The van der Waals surface area contributed by atoms with Gasteiger partial charge in [0.15, 0.2) is 0 Å². The van der Waals surface area contributed by atoms with Gasteiger partial charge in [-0.1, -0.05) is 36.8 Å². The molecule has 2 aliphatic rings. The molecular weight excluding hydrogens is 444 g/mol. The summed E-state index contributed by atoms with van der Waals surface area (Å²) < 4.78 is 0. The minimum atomic E-state index is -0.862. The van der Waals surface area contributed by atoms with Gasteiger partial charge in [0.05, 0.1) is 18.4 Å². The summed E-state index contributed by atoms with van der Waals surface area (Å²) in [6, 6.07) is 11.5. The number of primary amides is 1. The molecular formula is C26H32N6O3. The third-order valence-corrected chi connectivity index (χ3v) is 6.93. The van der Waals surface area contributed by atoms with Gasteiger partial charge in [-0.2, -0.15) is 0 Å². The van der Waals surface area contributed by atoms with E-state index in [2.05, 4.69) is 39.9 Å². The summed E-state index contributed by atoms with van der Waals surface area (Å²) in [6.07, 6.45) is 8.35. The van der Waals surface area contributed by atoms with Crippen molar-refractivity contribution in [3.05, 3.63) is 59.9 Å². The molecule has 9 nitrogen and oxygen atoms in total. The van der Waals surface area contributed by atoms with E-state index in [-0.39, 0.29) is 35.7 Å². The molecule has 2 unspecified atom stereocenters. The Morgan fingerprint density at radius 2 is 1.89 bits per heavy atom. The molecule has 1 aromatic heterocycles. The number of pyridine rings is 1. The average Bonchev–Trinajstić information content (AvgIpc) is 3.38. The minimum Gasteiger partial charge on any atom is -0.374 e.